The number of aromatic carboxylic acids is 1. The molecule has 0 bridgehead atoms. The lowest BCUT2D eigenvalue weighted by molar-refractivity contribution is -0.0226. The Morgan fingerprint density at radius 2 is 2.27 bits per heavy atom. The van der Waals surface area contributed by atoms with E-state index >= 15 is 0 Å². The standard InChI is InChI=1S/C15H14N2O4S/c18-14(10-1-3-16-12(7-10)15(19)20)17-4-5-21-13(8-17)11-2-6-22-9-11/h1-3,6-7,9,13H,4-5,8H2,(H,19,20). The molecule has 0 radical (unpaired) electrons. The third kappa shape index (κ3) is 3.00. The van der Waals surface area contributed by atoms with Crippen molar-refractivity contribution in [3.05, 3.63) is 52.0 Å². The van der Waals surface area contributed by atoms with Gasteiger partial charge >= 0.3 is 5.97 Å². The van der Waals surface area contributed by atoms with Crippen LogP contribution in [0.1, 0.15) is 32.5 Å². The van der Waals surface area contributed by atoms with Crippen LogP contribution in [0.15, 0.2) is 35.2 Å². The number of hydrogen-bond donors (Lipinski definition) is 1. The molecule has 1 aliphatic heterocycles. The maximum atomic E-state index is 12.5. The maximum absolute atomic E-state index is 12.5. The summed E-state index contributed by atoms with van der Waals surface area (Å²) in [6.45, 7) is 1.41. The second-order valence-corrected chi connectivity index (χ2v) is 5.68. The molecule has 1 atom stereocenters. The van der Waals surface area contributed by atoms with Gasteiger partial charge in [0.25, 0.3) is 5.91 Å². The highest BCUT2D eigenvalue weighted by atomic mass is 32.1. The van der Waals surface area contributed by atoms with E-state index in [4.69, 9.17) is 9.84 Å². The summed E-state index contributed by atoms with van der Waals surface area (Å²) in [5, 5.41) is 12.9. The topological polar surface area (TPSA) is 79.7 Å². The summed E-state index contributed by atoms with van der Waals surface area (Å²) in [4.78, 5) is 28.9. The van der Waals surface area contributed by atoms with Crippen molar-refractivity contribution >= 4 is 23.2 Å². The van der Waals surface area contributed by atoms with Crippen LogP contribution < -0.4 is 0 Å². The van der Waals surface area contributed by atoms with Crippen LogP contribution in [0.5, 0.6) is 0 Å². The van der Waals surface area contributed by atoms with Crippen molar-refractivity contribution in [1.82, 2.24) is 9.88 Å². The number of carboxylic acid groups (broad SMARTS) is 1. The predicted molar refractivity (Wildman–Crippen MR) is 80.1 cm³/mol. The number of nitrogens with zero attached hydrogens (tertiary/aromatic N) is 2. The summed E-state index contributed by atoms with van der Waals surface area (Å²) in [7, 11) is 0. The molecule has 2 aromatic heterocycles. The van der Waals surface area contributed by atoms with Crippen LogP contribution in [0.25, 0.3) is 0 Å². The van der Waals surface area contributed by atoms with Crippen molar-refractivity contribution < 1.29 is 19.4 Å². The zero-order valence-corrected chi connectivity index (χ0v) is 12.5. The van der Waals surface area contributed by atoms with E-state index in [0.717, 1.165) is 5.56 Å². The monoisotopic (exact) mass is 318 g/mol. The molecule has 1 fully saturated rings. The molecule has 2 aromatic rings. The SMILES string of the molecule is O=C(O)c1cc(C(=O)N2CCOC(c3ccsc3)C2)ccn1. The van der Waals surface area contributed by atoms with E-state index in [2.05, 4.69) is 4.98 Å². The van der Waals surface area contributed by atoms with Gasteiger partial charge in [0.1, 0.15) is 11.8 Å². The third-order valence-electron chi connectivity index (χ3n) is 3.49. The molecule has 1 N–H and O–H groups in total. The fourth-order valence-electron chi connectivity index (χ4n) is 2.36. The maximum Gasteiger partial charge on any atom is 0.354 e. The lowest BCUT2D eigenvalue weighted by atomic mass is 10.1. The second-order valence-electron chi connectivity index (χ2n) is 4.90. The Labute approximate surface area is 131 Å². The number of ether oxygens (including phenoxy) is 1. The summed E-state index contributed by atoms with van der Waals surface area (Å²) < 4.78 is 5.71. The van der Waals surface area contributed by atoms with Crippen molar-refractivity contribution in [2.24, 2.45) is 0 Å². The molecule has 22 heavy (non-hydrogen) atoms. The number of carboxylic acids is 1. The van der Waals surface area contributed by atoms with Crippen LogP contribution >= 0.6 is 11.3 Å². The van der Waals surface area contributed by atoms with Gasteiger partial charge in [-0.1, -0.05) is 0 Å². The second kappa shape index (κ2) is 6.25. The molecule has 1 unspecified atom stereocenters. The van der Waals surface area contributed by atoms with Crippen LogP contribution in [0.2, 0.25) is 0 Å². The van der Waals surface area contributed by atoms with E-state index in [1.54, 1.807) is 16.2 Å². The predicted octanol–water partition coefficient (Wildman–Crippen LogP) is 2.06. The number of aromatic nitrogens is 1. The smallest absolute Gasteiger partial charge is 0.354 e. The van der Waals surface area contributed by atoms with Crippen LogP contribution in [-0.4, -0.2) is 46.6 Å². The molecule has 0 aromatic carbocycles. The number of amides is 1. The van der Waals surface area contributed by atoms with Crippen molar-refractivity contribution in [1.29, 1.82) is 0 Å². The minimum absolute atomic E-state index is 0.131. The average Bonchev–Trinajstić information content (AvgIpc) is 3.09. The molecule has 6 nitrogen and oxygen atoms in total. The molecule has 1 saturated heterocycles. The molecular formula is C15H14N2O4S. The van der Waals surface area contributed by atoms with E-state index in [1.807, 2.05) is 16.8 Å². The van der Waals surface area contributed by atoms with Crippen LogP contribution in [0.3, 0.4) is 0 Å². The molecule has 0 aliphatic carbocycles. The Morgan fingerprint density at radius 1 is 1.41 bits per heavy atom. The molecule has 1 amide bonds. The highest BCUT2D eigenvalue weighted by Crippen LogP contribution is 2.25. The molecule has 7 heteroatoms. The Bertz CT molecular complexity index is 687. The quantitative estimate of drug-likeness (QED) is 0.937. The van der Waals surface area contributed by atoms with E-state index in [-0.39, 0.29) is 17.7 Å². The Kier molecular flexibility index (Phi) is 4.17. The first-order chi connectivity index (χ1) is 10.6. The first kappa shape index (κ1) is 14.7. The molecule has 1 aliphatic rings. The summed E-state index contributed by atoms with van der Waals surface area (Å²) in [6, 6.07) is 4.82. The van der Waals surface area contributed by atoms with Crippen molar-refractivity contribution in [3.8, 4) is 0 Å². The molecule has 114 valence electrons. The van der Waals surface area contributed by atoms with E-state index < -0.39 is 5.97 Å². The van der Waals surface area contributed by atoms with E-state index in [1.165, 1.54) is 18.3 Å². The average molecular weight is 318 g/mol. The minimum Gasteiger partial charge on any atom is -0.477 e. The van der Waals surface area contributed by atoms with Crippen LogP contribution in [0, 0.1) is 0 Å². The van der Waals surface area contributed by atoms with Crippen molar-refractivity contribution in [2.45, 2.75) is 6.10 Å². The van der Waals surface area contributed by atoms with Gasteiger partial charge in [-0.15, -0.1) is 0 Å². The van der Waals surface area contributed by atoms with E-state index in [9.17, 15) is 9.59 Å². The van der Waals surface area contributed by atoms with Gasteiger partial charge in [0.15, 0.2) is 0 Å². The zero-order chi connectivity index (χ0) is 15.5. The number of carbonyl (C=O) groups is 2. The lowest BCUT2D eigenvalue weighted by Gasteiger charge is -2.32. The normalized spacial score (nSPS) is 18.2. The fraction of sp³-hybridized carbons (Fsp3) is 0.267. The van der Waals surface area contributed by atoms with Crippen molar-refractivity contribution in [2.75, 3.05) is 19.7 Å². The Morgan fingerprint density at radius 3 is 3.00 bits per heavy atom. The number of thiophene rings is 1. The van der Waals surface area contributed by atoms with Gasteiger partial charge in [0.05, 0.1) is 13.2 Å². The molecular weight excluding hydrogens is 304 g/mol. The summed E-state index contributed by atoms with van der Waals surface area (Å²) in [5.74, 6) is -1.35. The summed E-state index contributed by atoms with van der Waals surface area (Å²) in [5.41, 5.74) is 1.26. The minimum atomic E-state index is -1.15. The van der Waals surface area contributed by atoms with Gasteiger partial charge in [-0.05, 0) is 34.5 Å². The highest BCUT2D eigenvalue weighted by molar-refractivity contribution is 7.07. The van der Waals surface area contributed by atoms with Crippen LogP contribution in [-0.2, 0) is 4.74 Å². The number of carbonyl (C=O) groups excluding carboxylic acids is 1. The van der Waals surface area contributed by atoms with Gasteiger partial charge in [0.2, 0.25) is 0 Å². The number of morpholine rings is 1. The number of pyridine rings is 1. The summed E-state index contributed by atoms with van der Waals surface area (Å²) in [6.07, 6.45) is 1.21. The first-order valence-corrected chi connectivity index (χ1v) is 7.72. The van der Waals surface area contributed by atoms with Gasteiger partial charge in [-0.2, -0.15) is 11.3 Å². The molecule has 0 spiro atoms. The van der Waals surface area contributed by atoms with Crippen LogP contribution in [0.4, 0.5) is 0 Å². The fourth-order valence-corrected chi connectivity index (χ4v) is 3.06. The zero-order valence-electron chi connectivity index (χ0n) is 11.6. The van der Waals surface area contributed by atoms with Gasteiger partial charge < -0.3 is 14.7 Å². The molecule has 3 heterocycles. The van der Waals surface area contributed by atoms with E-state index in [0.29, 0.717) is 25.3 Å². The van der Waals surface area contributed by atoms with Gasteiger partial charge in [0, 0.05) is 18.3 Å². The number of rotatable bonds is 3. The number of hydrogen-bond acceptors (Lipinski definition) is 5. The molecule has 0 saturated carbocycles. The highest BCUT2D eigenvalue weighted by Gasteiger charge is 2.26. The third-order valence-corrected chi connectivity index (χ3v) is 4.20. The largest absolute Gasteiger partial charge is 0.477 e. The Hall–Kier alpha value is -2.25. The van der Waals surface area contributed by atoms with Crippen molar-refractivity contribution in [3.63, 3.8) is 0 Å². The Balaban J connectivity index is 1.77. The summed E-state index contributed by atoms with van der Waals surface area (Å²) >= 11 is 1.59. The lowest BCUT2D eigenvalue weighted by Crippen LogP contribution is -2.42. The van der Waals surface area contributed by atoms with Gasteiger partial charge in [-0.3, -0.25) is 4.79 Å². The molecule has 3 rings (SSSR count). The van der Waals surface area contributed by atoms with Gasteiger partial charge in [-0.25, -0.2) is 9.78 Å². The first-order valence-electron chi connectivity index (χ1n) is 6.77.